The molecule has 2 N–H and O–H groups in total. The first kappa shape index (κ1) is 17.2. The largest absolute Gasteiger partial charge is 0.507 e. The van der Waals surface area contributed by atoms with Crippen LogP contribution in [-0.2, 0) is 0 Å². The van der Waals surface area contributed by atoms with Gasteiger partial charge in [0.2, 0.25) is 0 Å². The van der Waals surface area contributed by atoms with E-state index in [1.807, 2.05) is 48.5 Å². The lowest BCUT2D eigenvalue weighted by Gasteiger charge is -2.06. The molecule has 5 nitrogen and oxygen atoms in total. The zero-order chi connectivity index (χ0) is 18.4. The summed E-state index contributed by atoms with van der Waals surface area (Å²) in [4.78, 5) is 12.3. The summed E-state index contributed by atoms with van der Waals surface area (Å²) < 4.78 is 5.40. The number of hydrazone groups is 1. The van der Waals surface area contributed by atoms with E-state index in [1.165, 1.54) is 6.21 Å². The number of amides is 1. The van der Waals surface area contributed by atoms with Gasteiger partial charge in [-0.2, -0.15) is 5.10 Å². The van der Waals surface area contributed by atoms with Crippen LogP contribution < -0.4 is 10.2 Å². The first-order valence-electron chi connectivity index (χ1n) is 8.06. The second-order valence-electron chi connectivity index (χ2n) is 5.58. The summed E-state index contributed by atoms with van der Waals surface area (Å²) in [6, 6.07) is 18.0. The molecule has 5 heteroatoms. The van der Waals surface area contributed by atoms with Crippen molar-refractivity contribution in [2.75, 3.05) is 6.61 Å². The minimum Gasteiger partial charge on any atom is -0.507 e. The SMILES string of the molecule is C=CCOc1ccc(C=NNC(=O)c2cc3ccccc3cc2O)cc1. The van der Waals surface area contributed by atoms with Crippen molar-refractivity contribution in [2.24, 2.45) is 5.10 Å². The maximum Gasteiger partial charge on any atom is 0.275 e. The number of rotatable bonds is 6. The van der Waals surface area contributed by atoms with Gasteiger partial charge in [-0.25, -0.2) is 5.43 Å². The second kappa shape index (κ2) is 7.98. The molecule has 0 saturated carbocycles. The molecule has 0 fully saturated rings. The average Bonchev–Trinajstić information content (AvgIpc) is 2.66. The molecule has 3 aromatic carbocycles. The molecule has 130 valence electrons. The van der Waals surface area contributed by atoms with E-state index < -0.39 is 5.91 Å². The van der Waals surface area contributed by atoms with Crippen LogP contribution in [0.2, 0.25) is 0 Å². The maximum atomic E-state index is 12.3. The fourth-order valence-electron chi connectivity index (χ4n) is 2.44. The Kier molecular flexibility index (Phi) is 5.29. The zero-order valence-electron chi connectivity index (χ0n) is 14.1. The van der Waals surface area contributed by atoms with E-state index in [1.54, 1.807) is 18.2 Å². The highest BCUT2D eigenvalue weighted by atomic mass is 16.5. The Labute approximate surface area is 151 Å². The van der Waals surface area contributed by atoms with Crippen LogP contribution in [0.3, 0.4) is 0 Å². The monoisotopic (exact) mass is 346 g/mol. The number of aromatic hydroxyl groups is 1. The van der Waals surface area contributed by atoms with Gasteiger partial charge >= 0.3 is 0 Å². The molecule has 0 bridgehead atoms. The number of benzene rings is 3. The molecule has 0 radical (unpaired) electrons. The van der Waals surface area contributed by atoms with Crippen molar-refractivity contribution in [3.8, 4) is 11.5 Å². The van der Waals surface area contributed by atoms with E-state index in [-0.39, 0.29) is 11.3 Å². The topological polar surface area (TPSA) is 70.9 Å². The predicted octanol–water partition coefficient (Wildman–Crippen LogP) is 3.87. The van der Waals surface area contributed by atoms with E-state index in [0.29, 0.717) is 6.61 Å². The van der Waals surface area contributed by atoms with E-state index in [4.69, 9.17) is 4.74 Å². The molecule has 0 aromatic heterocycles. The molecule has 3 rings (SSSR count). The third-order valence-electron chi connectivity index (χ3n) is 3.74. The molecule has 0 aliphatic rings. The molecule has 0 atom stereocenters. The number of nitrogens with zero attached hydrogens (tertiary/aromatic N) is 1. The third kappa shape index (κ3) is 4.08. The molecule has 0 saturated heterocycles. The molecule has 0 spiro atoms. The summed E-state index contributed by atoms with van der Waals surface area (Å²) in [7, 11) is 0. The van der Waals surface area contributed by atoms with Crippen molar-refractivity contribution < 1.29 is 14.6 Å². The molecule has 3 aromatic rings. The number of phenols is 1. The van der Waals surface area contributed by atoms with Crippen LogP contribution in [0.15, 0.2) is 78.4 Å². The van der Waals surface area contributed by atoms with Crippen molar-refractivity contribution in [2.45, 2.75) is 0 Å². The summed E-state index contributed by atoms with van der Waals surface area (Å²) in [5.41, 5.74) is 3.41. The molecule has 1 amide bonds. The minimum absolute atomic E-state index is 0.0832. The fraction of sp³-hybridized carbons (Fsp3) is 0.0476. The average molecular weight is 346 g/mol. The number of phenolic OH excluding ortho intramolecular Hbond substituents is 1. The van der Waals surface area contributed by atoms with Gasteiger partial charge in [-0.05, 0) is 52.7 Å². The number of ether oxygens (including phenoxy) is 1. The van der Waals surface area contributed by atoms with Gasteiger partial charge in [0.05, 0.1) is 11.8 Å². The lowest BCUT2D eigenvalue weighted by Crippen LogP contribution is -2.17. The Balaban J connectivity index is 1.67. The predicted molar refractivity (Wildman–Crippen MR) is 103 cm³/mol. The Hall–Kier alpha value is -3.60. The summed E-state index contributed by atoms with van der Waals surface area (Å²) in [6.07, 6.45) is 3.19. The third-order valence-corrected chi connectivity index (χ3v) is 3.74. The standard InChI is InChI=1S/C21H18N2O3/c1-2-11-26-18-9-7-15(8-10-18)14-22-23-21(25)19-12-16-5-3-4-6-17(16)13-20(19)24/h2-10,12-14,24H,1,11H2,(H,23,25). The normalized spacial score (nSPS) is 10.8. The van der Waals surface area contributed by atoms with Crippen LogP contribution in [0.4, 0.5) is 0 Å². The van der Waals surface area contributed by atoms with Crippen molar-refractivity contribution in [1.82, 2.24) is 5.43 Å². The highest BCUT2D eigenvalue weighted by molar-refractivity contribution is 6.01. The van der Waals surface area contributed by atoms with Crippen molar-refractivity contribution >= 4 is 22.9 Å². The van der Waals surface area contributed by atoms with Crippen LogP contribution >= 0.6 is 0 Å². The Bertz CT molecular complexity index is 963. The zero-order valence-corrected chi connectivity index (χ0v) is 14.1. The Morgan fingerprint density at radius 2 is 1.81 bits per heavy atom. The van der Waals surface area contributed by atoms with Crippen molar-refractivity contribution in [3.63, 3.8) is 0 Å². The number of hydrogen-bond donors (Lipinski definition) is 2. The Morgan fingerprint density at radius 1 is 1.12 bits per heavy atom. The van der Waals surface area contributed by atoms with E-state index >= 15 is 0 Å². The van der Waals surface area contributed by atoms with E-state index in [0.717, 1.165) is 22.1 Å². The molecule has 0 aliphatic heterocycles. The number of carbonyl (C=O) groups is 1. The molecule has 0 unspecified atom stereocenters. The summed E-state index contributed by atoms with van der Waals surface area (Å²) in [6.45, 7) is 4.04. The van der Waals surface area contributed by atoms with E-state index in [9.17, 15) is 9.90 Å². The summed E-state index contributed by atoms with van der Waals surface area (Å²) in [5.74, 6) is 0.169. The summed E-state index contributed by atoms with van der Waals surface area (Å²) in [5, 5.41) is 15.7. The van der Waals surface area contributed by atoms with Crippen LogP contribution in [0.5, 0.6) is 11.5 Å². The molecule has 26 heavy (non-hydrogen) atoms. The van der Waals surface area contributed by atoms with Gasteiger partial charge in [0.1, 0.15) is 18.1 Å². The van der Waals surface area contributed by atoms with E-state index in [2.05, 4.69) is 17.1 Å². The first-order valence-corrected chi connectivity index (χ1v) is 8.06. The second-order valence-corrected chi connectivity index (χ2v) is 5.58. The van der Waals surface area contributed by atoms with Crippen LogP contribution in [0.25, 0.3) is 10.8 Å². The molecule has 0 aliphatic carbocycles. The fourth-order valence-corrected chi connectivity index (χ4v) is 2.44. The van der Waals surface area contributed by atoms with Gasteiger partial charge in [-0.15, -0.1) is 0 Å². The number of nitrogens with one attached hydrogen (secondary N) is 1. The van der Waals surface area contributed by atoms with Crippen LogP contribution in [-0.4, -0.2) is 23.8 Å². The number of carbonyl (C=O) groups excluding carboxylic acids is 1. The van der Waals surface area contributed by atoms with Gasteiger partial charge in [0.15, 0.2) is 0 Å². The quantitative estimate of drug-likeness (QED) is 0.404. The highest BCUT2D eigenvalue weighted by Crippen LogP contribution is 2.24. The van der Waals surface area contributed by atoms with Crippen molar-refractivity contribution in [3.05, 3.63) is 84.4 Å². The van der Waals surface area contributed by atoms with Gasteiger partial charge in [0.25, 0.3) is 5.91 Å². The van der Waals surface area contributed by atoms with Gasteiger partial charge in [-0.3, -0.25) is 4.79 Å². The number of hydrogen-bond acceptors (Lipinski definition) is 4. The van der Waals surface area contributed by atoms with Crippen LogP contribution in [0.1, 0.15) is 15.9 Å². The maximum absolute atomic E-state index is 12.3. The lowest BCUT2D eigenvalue weighted by atomic mass is 10.1. The van der Waals surface area contributed by atoms with Crippen LogP contribution in [0, 0.1) is 0 Å². The van der Waals surface area contributed by atoms with Crippen molar-refractivity contribution in [1.29, 1.82) is 0 Å². The van der Waals surface area contributed by atoms with Gasteiger partial charge in [-0.1, -0.05) is 36.9 Å². The smallest absolute Gasteiger partial charge is 0.275 e. The Morgan fingerprint density at radius 3 is 2.50 bits per heavy atom. The number of fused-ring (bicyclic) bond motifs is 1. The first-order chi connectivity index (χ1) is 12.7. The highest BCUT2D eigenvalue weighted by Gasteiger charge is 2.11. The molecular weight excluding hydrogens is 328 g/mol. The lowest BCUT2D eigenvalue weighted by molar-refractivity contribution is 0.0952. The minimum atomic E-state index is -0.476. The van der Waals surface area contributed by atoms with Gasteiger partial charge < -0.3 is 9.84 Å². The van der Waals surface area contributed by atoms with Gasteiger partial charge in [0, 0.05) is 0 Å². The summed E-state index contributed by atoms with van der Waals surface area (Å²) >= 11 is 0. The molecule has 0 heterocycles. The molecular formula is C21H18N2O3.